The first kappa shape index (κ1) is 19.2. The van der Waals surface area contributed by atoms with Gasteiger partial charge in [0.2, 0.25) is 11.8 Å². The fourth-order valence-electron chi connectivity index (χ4n) is 3.22. The Bertz CT molecular complexity index is 935. The summed E-state index contributed by atoms with van der Waals surface area (Å²) in [7, 11) is 1.56. The van der Waals surface area contributed by atoms with Crippen LogP contribution >= 0.6 is 11.6 Å². The average molecular weight is 397 g/mol. The predicted molar refractivity (Wildman–Crippen MR) is 95.0 cm³/mol. The molecule has 2 aromatic carbocycles. The van der Waals surface area contributed by atoms with Gasteiger partial charge in [-0.25, -0.2) is 13.2 Å². The molecule has 142 valence electrons. The summed E-state index contributed by atoms with van der Waals surface area (Å²) in [6, 6.07) is 6.81. The molecule has 0 bridgehead atoms. The molecular weight excluding hydrogens is 381 g/mol. The Morgan fingerprint density at radius 2 is 1.89 bits per heavy atom. The van der Waals surface area contributed by atoms with E-state index in [1.165, 1.54) is 4.90 Å². The minimum absolute atomic E-state index is 0.290. The van der Waals surface area contributed by atoms with Crippen molar-refractivity contribution in [3.8, 4) is 0 Å². The van der Waals surface area contributed by atoms with Gasteiger partial charge in [-0.2, -0.15) is 0 Å². The number of hydrogen-bond donors (Lipinski definition) is 1. The van der Waals surface area contributed by atoms with Crippen molar-refractivity contribution in [1.82, 2.24) is 4.90 Å². The lowest BCUT2D eigenvalue weighted by Crippen LogP contribution is -2.33. The summed E-state index contributed by atoms with van der Waals surface area (Å²) in [6.07, 6.45) is 0. The number of rotatable bonds is 3. The van der Waals surface area contributed by atoms with Gasteiger partial charge in [-0.1, -0.05) is 23.7 Å². The molecule has 0 aromatic heterocycles. The first-order valence-corrected chi connectivity index (χ1v) is 8.54. The molecule has 1 fully saturated rings. The van der Waals surface area contributed by atoms with Crippen LogP contribution in [-0.4, -0.2) is 30.3 Å². The third kappa shape index (κ3) is 3.51. The monoisotopic (exact) mass is 396 g/mol. The molecule has 3 rings (SSSR count). The van der Waals surface area contributed by atoms with Crippen LogP contribution in [-0.2, 0) is 9.59 Å². The Morgan fingerprint density at radius 3 is 2.56 bits per heavy atom. The number of carbonyl (C=O) groups excluding carboxylic acids is 2. The Labute approximate surface area is 158 Å². The van der Waals surface area contributed by atoms with E-state index in [9.17, 15) is 22.8 Å². The number of anilines is 1. The van der Waals surface area contributed by atoms with E-state index < -0.39 is 46.8 Å². The zero-order valence-corrected chi connectivity index (χ0v) is 15.3. The maximum Gasteiger partial charge on any atom is 0.237 e. The molecular formula is C19H16ClF3N2O2. The molecule has 27 heavy (non-hydrogen) atoms. The van der Waals surface area contributed by atoms with E-state index in [0.717, 1.165) is 17.2 Å². The van der Waals surface area contributed by atoms with Crippen molar-refractivity contribution in [3.05, 3.63) is 63.9 Å². The van der Waals surface area contributed by atoms with Crippen molar-refractivity contribution in [1.29, 1.82) is 0 Å². The molecule has 1 heterocycles. The molecule has 1 aliphatic heterocycles. The molecule has 0 unspecified atom stereocenters. The van der Waals surface area contributed by atoms with Crippen LogP contribution in [0.1, 0.15) is 17.0 Å². The summed E-state index contributed by atoms with van der Waals surface area (Å²) in [6.45, 7) is 2.09. The third-order valence-corrected chi connectivity index (χ3v) is 5.12. The molecule has 0 aliphatic carbocycles. The van der Waals surface area contributed by atoms with Gasteiger partial charge in [0.05, 0.1) is 5.69 Å². The lowest BCUT2D eigenvalue weighted by molar-refractivity contribution is -0.135. The highest BCUT2D eigenvalue weighted by molar-refractivity contribution is 6.31. The van der Waals surface area contributed by atoms with Crippen LogP contribution in [0.3, 0.4) is 0 Å². The van der Waals surface area contributed by atoms with Gasteiger partial charge < -0.3 is 10.2 Å². The second-order valence-corrected chi connectivity index (χ2v) is 6.93. The summed E-state index contributed by atoms with van der Waals surface area (Å²) in [5, 5.41) is 2.76. The van der Waals surface area contributed by atoms with Crippen LogP contribution in [0.15, 0.2) is 30.3 Å². The fourth-order valence-corrected chi connectivity index (χ4v) is 3.34. The molecule has 1 saturated heterocycles. The number of hydrogen-bond acceptors (Lipinski definition) is 2. The number of likely N-dealkylation sites (tertiary alicyclic amines) is 1. The quantitative estimate of drug-likeness (QED) is 0.632. The molecule has 2 atom stereocenters. The molecule has 4 nitrogen and oxygen atoms in total. The van der Waals surface area contributed by atoms with Crippen molar-refractivity contribution in [2.75, 3.05) is 18.9 Å². The van der Waals surface area contributed by atoms with Crippen molar-refractivity contribution in [2.45, 2.75) is 12.8 Å². The number of likely N-dealkylation sites (N-methyl/N-ethyl adjacent to an activating group) is 1. The summed E-state index contributed by atoms with van der Waals surface area (Å²) in [4.78, 5) is 26.6. The van der Waals surface area contributed by atoms with Crippen molar-refractivity contribution in [3.63, 3.8) is 0 Å². The molecule has 1 aliphatic rings. The highest BCUT2D eigenvalue weighted by atomic mass is 35.5. The van der Waals surface area contributed by atoms with Gasteiger partial charge >= 0.3 is 0 Å². The van der Waals surface area contributed by atoms with E-state index in [-0.39, 0.29) is 6.54 Å². The van der Waals surface area contributed by atoms with E-state index in [4.69, 9.17) is 11.6 Å². The van der Waals surface area contributed by atoms with E-state index in [0.29, 0.717) is 11.1 Å². The average Bonchev–Trinajstić information content (AvgIpc) is 2.93. The number of nitrogens with zero attached hydrogens (tertiary/aromatic N) is 1. The second kappa shape index (κ2) is 7.23. The first-order chi connectivity index (χ1) is 12.7. The molecule has 0 radical (unpaired) electrons. The number of aryl methyl sites for hydroxylation is 1. The lowest BCUT2D eigenvalue weighted by atomic mass is 9.87. The number of carbonyl (C=O) groups is 2. The molecule has 0 saturated carbocycles. The Kier molecular flexibility index (Phi) is 5.15. The van der Waals surface area contributed by atoms with Gasteiger partial charge in [0.1, 0.15) is 5.92 Å². The zero-order chi connectivity index (χ0) is 19.9. The summed E-state index contributed by atoms with van der Waals surface area (Å²) < 4.78 is 40.3. The van der Waals surface area contributed by atoms with Crippen LogP contribution in [0.2, 0.25) is 5.02 Å². The maximum atomic E-state index is 13.9. The van der Waals surface area contributed by atoms with E-state index in [1.54, 1.807) is 32.2 Å². The number of amides is 2. The second-order valence-electron chi connectivity index (χ2n) is 6.52. The summed E-state index contributed by atoms with van der Waals surface area (Å²) >= 11 is 6.03. The molecule has 1 N–H and O–H groups in total. The zero-order valence-electron chi connectivity index (χ0n) is 14.5. The largest absolute Gasteiger partial charge is 0.344 e. The number of nitrogens with one attached hydrogen (secondary N) is 1. The first-order valence-electron chi connectivity index (χ1n) is 8.16. The smallest absolute Gasteiger partial charge is 0.237 e. The van der Waals surface area contributed by atoms with Crippen LogP contribution < -0.4 is 5.32 Å². The molecule has 2 amide bonds. The van der Waals surface area contributed by atoms with Crippen molar-refractivity contribution < 1.29 is 22.8 Å². The highest BCUT2D eigenvalue weighted by Gasteiger charge is 2.44. The Balaban J connectivity index is 1.92. The minimum Gasteiger partial charge on any atom is -0.344 e. The summed E-state index contributed by atoms with van der Waals surface area (Å²) in [5.74, 6) is -7.39. The Morgan fingerprint density at radius 1 is 1.19 bits per heavy atom. The minimum atomic E-state index is -1.69. The lowest BCUT2D eigenvalue weighted by Gasteiger charge is -2.18. The van der Waals surface area contributed by atoms with E-state index >= 15 is 0 Å². The SMILES string of the molecule is Cc1cc([C@H]2CN(C)C(=O)[C@@H]2C(=O)Nc2ccc(F)c(F)c2F)ccc1Cl. The predicted octanol–water partition coefficient (Wildman–Crippen LogP) is 3.88. The Hall–Kier alpha value is -2.54. The molecule has 0 spiro atoms. The van der Waals surface area contributed by atoms with Crippen LogP contribution in [0.4, 0.5) is 18.9 Å². The number of benzene rings is 2. The van der Waals surface area contributed by atoms with Gasteiger partial charge in [0.15, 0.2) is 17.5 Å². The van der Waals surface area contributed by atoms with E-state index in [1.807, 2.05) is 0 Å². The highest BCUT2D eigenvalue weighted by Crippen LogP contribution is 2.35. The maximum absolute atomic E-state index is 13.9. The third-order valence-electron chi connectivity index (χ3n) is 4.70. The van der Waals surface area contributed by atoms with Gasteiger partial charge in [-0.3, -0.25) is 9.59 Å². The standard InChI is InChI=1S/C19H16ClF3N2O2/c1-9-7-10(3-4-12(9)20)11-8-25(2)19(27)15(11)18(26)24-14-6-5-13(21)16(22)17(14)23/h3-7,11,15H,8H2,1-2H3,(H,24,26)/t11-,15+/m1/s1. The van der Waals surface area contributed by atoms with Crippen molar-refractivity contribution >= 4 is 29.1 Å². The normalized spacial score (nSPS) is 19.5. The van der Waals surface area contributed by atoms with Gasteiger partial charge in [-0.15, -0.1) is 0 Å². The van der Waals surface area contributed by atoms with Crippen LogP contribution in [0, 0.1) is 30.3 Å². The van der Waals surface area contributed by atoms with Gasteiger partial charge in [-0.05, 0) is 36.2 Å². The van der Waals surface area contributed by atoms with Gasteiger partial charge in [0.25, 0.3) is 0 Å². The fraction of sp³-hybridized carbons (Fsp3) is 0.263. The van der Waals surface area contributed by atoms with Crippen LogP contribution in [0.5, 0.6) is 0 Å². The molecule has 2 aromatic rings. The van der Waals surface area contributed by atoms with Gasteiger partial charge in [0, 0.05) is 24.5 Å². The van der Waals surface area contributed by atoms with Crippen LogP contribution in [0.25, 0.3) is 0 Å². The molecule has 8 heteroatoms. The van der Waals surface area contributed by atoms with Crippen molar-refractivity contribution in [2.24, 2.45) is 5.92 Å². The topological polar surface area (TPSA) is 49.4 Å². The summed E-state index contributed by atoms with van der Waals surface area (Å²) in [5.41, 5.74) is 1.01. The van der Waals surface area contributed by atoms with E-state index in [2.05, 4.69) is 5.32 Å². The number of halogens is 4.